The Labute approximate surface area is 113 Å². The van der Waals surface area contributed by atoms with E-state index in [1.54, 1.807) is 4.90 Å². The van der Waals surface area contributed by atoms with Crippen molar-refractivity contribution in [2.24, 2.45) is 5.73 Å². The predicted octanol–water partition coefficient (Wildman–Crippen LogP) is 2.29. The summed E-state index contributed by atoms with van der Waals surface area (Å²) in [5.74, 6) is 0.0560. The number of fused-ring (bicyclic) bond motifs is 1. The first-order chi connectivity index (χ1) is 9.10. The molecule has 3 heteroatoms. The summed E-state index contributed by atoms with van der Waals surface area (Å²) in [6.45, 7) is 0.610. The number of amides is 1. The number of nitrogens with zero attached hydrogens (tertiary/aromatic N) is 1. The number of carbonyl (C=O) groups is 1. The second-order valence-electron chi connectivity index (χ2n) is 5.46. The zero-order valence-electron chi connectivity index (χ0n) is 11.1. The molecule has 2 aromatic carbocycles. The van der Waals surface area contributed by atoms with Gasteiger partial charge in [0.2, 0.25) is 5.91 Å². The molecule has 1 aliphatic rings. The summed E-state index contributed by atoms with van der Waals surface area (Å²) < 4.78 is 0. The molecule has 0 aromatic heterocycles. The fourth-order valence-corrected chi connectivity index (χ4v) is 2.49. The lowest BCUT2D eigenvalue weighted by Crippen LogP contribution is -2.43. The first kappa shape index (κ1) is 12.2. The summed E-state index contributed by atoms with van der Waals surface area (Å²) >= 11 is 0. The fraction of sp³-hybridized carbons (Fsp3) is 0.312. The number of likely N-dealkylation sites (N-methyl/N-ethyl adjacent to an activating group) is 1. The van der Waals surface area contributed by atoms with Crippen molar-refractivity contribution in [3.8, 4) is 0 Å². The number of benzene rings is 2. The van der Waals surface area contributed by atoms with Crippen LogP contribution in [-0.4, -0.2) is 23.4 Å². The lowest BCUT2D eigenvalue weighted by atomic mass is 10.0. The predicted molar refractivity (Wildman–Crippen MR) is 76.6 cm³/mol. The number of hydrogen-bond donors (Lipinski definition) is 1. The number of carbonyl (C=O) groups excluding carboxylic acids is 1. The van der Waals surface area contributed by atoms with Gasteiger partial charge in [-0.05, 0) is 29.2 Å². The quantitative estimate of drug-likeness (QED) is 0.913. The highest BCUT2D eigenvalue weighted by Gasteiger charge is 2.47. The Morgan fingerprint density at radius 2 is 1.89 bits per heavy atom. The van der Waals surface area contributed by atoms with E-state index in [9.17, 15) is 4.79 Å². The molecule has 3 rings (SSSR count). The van der Waals surface area contributed by atoms with Gasteiger partial charge in [0.1, 0.15) is 0 Å². The van der Waals surface area contributed by atoms with Gasteiger partial charge in [0.05, 0.1) is 5.54 Å². The molecule has 1 aliphatic carbocycles. The standard InChI is InChI=1S/C16H18N2O/c1-18(15(19)16(17)9-10-16)11-13-7-4-6-12-5-2-3-8-14(12)13/h2-8H,9-11,17H2,1H3. The molecule has 0 unspecified atom stereocenters. The van der Waals surface area contributed by atoms with Gasteiger partial charge < -0.3 is 10.6 Å². The highest BCUT2D eigenvalue weighted by atomic mass is 16.2. The van der Waals surface area contributed by atoms with Crippen LogP contribution in [0.3, 0.4) is 0 Å². The summed E-state index contributed by atoms with van der Waals surface area (Å²) in [5.41, 5.74) is 6.55. The molecule has 2 aromatic rings. The minimum absolute atomic E-state index is 0.0560. The van der Waals surface area contributed by atoms with Crippen LogP contribution in [0.15, 0.2) is 42.5 Å². The van der Waals surface area contributed by atoms with E-state index < -0.39 is 5.54 Å². The van der Waals surface area contributed by atoms with Gasteiger partial charge in [-0.25, -0.2) is 0 Å². The van der Waals surface area contributed by atoms with Crippen molar-refractivity contribution < 1.29 is 4.79 Å². The lowest BCUT2D eigenvalue weighted by Gasteiger charge is -2.21. The molecular formula is C16H18N2O. The van der Waals surface area contributed by atoms with E-state index in [1.165, 1.54) is 16.3 Å². The normalized spacial score (nSPS) is 16.3. The molecule has 0 radical (unpaired) electrons. The van der Waals surface area contributed by atoms with Gasteiger partial charge in [-0.1, -0.05) is 42.5 Å². The minimum atomic E-state index is -0.584. The second kappa shape index (κ2) is 4.35. The summed E-state index contributed by atoms with van der Waals surface area (Å²) in [6, 6.07) is 14.4. The summed E-state index contributed by atoms with van der Waals surface area (Å²) in [5, 5.41) is 2.40. The van der Waals surface area contributed by atoms with Gasteiger partial charge in [-0.15, -0.1) is 0 Å². The highest BCUT2D eigenvalue weighted by Crippen LogP contribution is 2.34. The molecule has 2 N–H and O–H groups in total. The van der Waals surface area contributed by atoms with Gasteiger partial charge in [0, 0.05) is 13.6 Å². The Balaban J connectivity index is 1.87. The van der Waals surface area contributed by atoms with Crippen molar-refractivity contribution in [3.05, 3.63) is 48.0 Å². The van der Waals surface area contributed by atoms with Crippen LogP contribution in [0, 0.1) is 0 Å². The average molecular weight is 254 g/mol. The summed E-state index contributed by atoms with van der Waals surface area (Å²) in [4.78, 5) is 13.9. The van der Waals surface area contributed by atoms with Crippen LogP contribution >= 0.6 is 0 Å². The smallest absolute Gasteiger partial charge is 0.242 e. The largest absolute Gasteiger partial charge is 0.340 e. The highest BCUT2D eigenvalue weighted by molar-refractivity contribution is 5.90. The number of nitrogens with two attached hydrogens (primary N) is 1. The second-order valence-corrected chi connectivity index (χ2v) is 5.46. The number of rotatable bonds is 3. The van der Waals surface area contributed by atoms with Crippen molar-refractivity contribution in [1.82, 2.24) is 4.90 Å². The van der Waals surface area contributed by atoms with Crippen LogP contribution in [-0.2, 0) is 11.3 Å². The van der Waals surface area contributed by atoms with E-state index in [4.69, 9.17) is 5.73 Å². The SMILES string of the molecule is CN(Cc1cccc2ccccc12)C(=O)C1(N)CC1. The zero-order valence-corrected chi connectivity index (χ0v) is 11.1. The van der Waals surface area contributed by atoms with Gasteiger partial charge in [-0.2, -0.15) is 0 Å². The van der Waals surface area contributed by atoms with Crippen LogP contribution in [0.1, 0.15) is 18.4 Å². The Morgan fingerprint density at radius 3 is 2.63 bits per heavy atom. The molecule has 3 nitrogen and oxygen atoms in total. The molecule has 0 heterocycles. The third-order valence-corrected chi connectivity index (χ3v) is 3.85. The van der Waals surface area contributed by atoms with E-state index in [0.29, 0.717) is 6.54 Å². The van der Waals surface area contributed by atoms with Gasteiger partial charge in [0.25, 0.3) is 0 Å². The Bertz CT molecular complexity index is 626. The van der Waals surface area contributed by atoms with Gasteiger partial charge in [0.15, 0.2) is 0 Å². The molecule has 98 valence electrons. The van der Waals surface area contributed by atoms with Crippen molar-refractivity contribution >= 4 is 16.7 Å². The Hall–Kier alpha value is -1.87. The van der Waals surface area contributed by atoms with E-state index in [-0.39, 0.29) is 5.91 Å². The lowest BCUT2D eigenvalue weighted by molar-refractivity contribution is -0.132. The third kappa shape index (κ3) is 2.22. The van der Waals surface area contributed by atoms with Crippen molar-refractivity contribution in [1.29, 1.82) is 0 Å². The van der Waals surface area contributed by atoms with Crippen molar-refractivity contribution in [2.75, 3.05) is 7.05 Å². The fourth-order valence-electron chi connectivity index (χ4n) is 2.49. The summed E-state index contributed by atoms with van der Waals surface area (Å²) in [7, 11) is 1.83. The first-order valence-electron chi connectivity index (χ1n) is 6.61. The molecule has 1 amide bonds. The molecule has 19 heavy (non-hydrogen) atoms. The molecule has 1 fully saturated rings. The Kier molecular flexibility index (Phi) is 2.79. The van der Waals surface area contributed by atoms with E-state index >= 15 is 0 Å². The Morgan fingerprint density at radius 1 is 1.21 bits per heavy atom. The molecule has 1 saturated carbocycles. The van der Waals surface area contributed by atoms with E-state index in [2.05, 4.69) is 24.3 Å². The van der Waals surface area contributed by atoms with Crippen LogP contribution in [0.5, 0.6) is 0 Å². The van der Waals surface area contributed by atoms with Gasteiger partial charge in [-0.3, -0.25) is 4.79 Å². The van der Waals surface area contributed by atoms with Gasteiger partial charge >= 0.3 is 0 Å². The molecule has 0 spiro atoms. The zero-order chi connectivity index (χ0) is 13.5. The van der Waals surface area contributed by atoms with Crippen molar-refractivity contribution in [3.63, 3.8) is 0 Å². The first-order valence-corrected chi connectivity index (χ1v) is 6.61. The van der Waals surface area contributed by atoms with Crippen molar-refractivity contribution in [2.45, 2.75) is 24.9 Å². The summed E-state index contributed by atoms with van der Waals surface area (Å²) in [6.07, 6.45) is 1.62. The molecule has 0 aliphatic heterocycles. The number of hydrogen-bond acceptors (Lipinski definition) is 2. The van der Waals surface area contributed by atoms with Crippen LogP contribution in [0.2, 0.25) is 0 Å². The molecule has 0 bridgehead atoms. The topological polar surface area (TPSA) is 46.3 Å². The molecule has 0 saturated heterocycles. The monoisotopic (exact) mass is 254 g/mol. The average Bonchev–Trinajstić information content (AvgIpc) is 3.17. The maximum atomic E-state index is 12.2. The maximum absolute atomic E-state index is 12.2. The van der Waals surface area contributed by atoms with E-state index in [0.717, 1.165) is 12.8 Å². The van der Waals surface area contributed by atoms with Crippen LogP contribution in [0.4, 0.5) is 0 Å². The van der Waals surface area contributed by atoms with Crippen LogP contribution in [0.25, 0.3) is 10.8 Å². The van der Waals surface area contributed by atoms with E-state index in [1.807, 2.05) is 25.2 Å². The molecular weight excluding hydrogens is 236 g/mol. The van der Waals surface area contributed by atoms with Crippen LogP contribution < -0.4 is 5.73 Å². The maximum Gasteiger partial charge on any atom is 0.242 e. The molecule has 0 atom stereocenters. The third-order valence-electron chi connectivity index (χ3n) is 3.85. The minimum Gasteiger partial charge on any atom is -0.340 e.